The molecule has 166 valence electrons. The average molecular weight is 452 g/mol. The maximum Gasteiger partial charge on any atom is 0.240 e. The summed E-state index contributed by atoms with van der Waals surface area (Å²) >= 11 is 5.91. The third-order valence-corrected chi connectivity index (χ3v) is 4.99. The number of hydrazone groups is 1. The molecule has 3 aromatic carbocycles. The lowest BCUT2D eigenvalue weighted by Crippen LogP contribution is -2.20. The van der Waals surface area contributed by atoms with Crippen molar-refractivity contribution in [3.05, 3.63) is 71.2 Å². The number of anilines is 1. The van der Waals surface area contributed by atoms with Gasteiger partial charge in [-0.3, -0.25) is 9.59 Å². The number of amides is 2. The summed E-state index contributed by atoms with van der Waals surface area (Å²) in [5.74, 6) is 0.0966. The van der Waals surface area contributed by atoms with Crippen LogP contribution in [0.4, 0.5) is 5.69 Å². The van der Waals surface area contributed by atoms with Gasteiger partial charge in [0.2, 0.25) is 11.8 Å². The van der Waals surface area contributed by atoms with Gasteiger partial charge in [-0.1, -0.05) is 61.3 Å². The van der Waals surface area contributed by atoms with Gasteiger partial charge in [-0.15, -0.1) is 0 Å². The Bertz CT molecular complexity index is 1110. The second-order valence-electron chi connectivity index (χ2n) is 7.25. The van der Waals surface area contributed by atoms with Crippen molar-refractivity contribution in [1.29, 1.82) is 0 Å². The lowest BCUT2D eigenvalue weighted by atomic mass is 10.0. The Kier molecular flexibility index (Phi) is 8.63. The van der Waals surface area contributed by atoms with Crippen LogP contribution in [0.15, 0.2) is 65.8 Å². The van der Waals surface area contributed by atoms with Crippen molar-refractivity contribution in [2.75, 3.05) is 11.9 Å². The number of hydrogen-bond donors (Lipinski definition) is 2. The van der Waals surface area contributed by atoms with Crippen molar-refractivity contribution >= 4 is 46.1 Å². The lowest BCUT2D eigenvalue weighted by molar-refractivity contribution is -0.124. The first-order chi connectivity index (χ1) is 15.6. The highest BCUT2D eigenvalue weighted by molar-refractivity contribution is 6.30. The average Bonchev–Trinajstić information content (AvgIpc) is 2.79. The first-order valence-corrected chi connectivity index (χ1v) is 11.0. The van der Waals surface area contributed by atoms with Crippen molar-refractivity contribution in [3.8, 4) is 5.75 Å². The number of rotatable bonds is 10. The maximum absolute atomic E-state index is 12.1. The molecule has 0 fully saturated rings. The zero-order valence-corrected chi connectivity index (χ0v) is 18.7. The molecule has 32 heavy (non-hydrogen) atoms. The summed E-state index contributed by atoms with van der Waals surface area (Å²) in [7, 11) is 0. The summed E-state index contributed by atoms with van der Waals surface area (Å²) in [5, 5.41) is 9.39. The van der Waals surface area contributed by atoms with Crippen LogP contribution in [-0.2, 0) is 9.59 Å². The van der Waals surface area contributed by atoms with Crippen LogP contribution in [0.5, 0.6) is 5.75 Å². The Hall–Kier alpha value is -3.38. The molecule has 6 nitrogen and oxygen atoms in total. The highest BCUT2D eigenvalue weighted by Crippen LogP contribution is 2.27. The van der Waals surface area contributed by atoms with E-state index < -0.39 is 0 Å². The van der Waals surface area contributed by atoms with Crippen molar-refractivity contribution in [2.45, 2.75) is 32.6 Å². The highest BCUT2D eigenvalue weighted by atomic mass is 35.5. The minimum atomic E-state index is -0.351. The molecule has 0 atom stereocenters. The molecule has 3 aromatic rings. The van der Waals surface area contributed by atoms with Crippen molar-refractivity contribution in [2.24, 2.45) is 5.10 Å². The predicted octanol–water partition coefficient (Wildman–Crippen LogP) is 5.54. The Morgan fingerprint density at radius 1 is 1.03 bits per heavy atom. The van der Waals surface area contributed by atoms with E-state index in [4.69, 9.17) is 16.3 Å². The predicted molar refractivity (Wildman–Crippen MR) is 129 cm³/mol. The van der Waals surface area contributed by atoms with E-state index in [1.54, 1.807) is 30.5 Å². The normalized spacial score (nSPS) is 10.9. The fourth-order valence-corrected chi connectivity index (χ4v) is 3.29. The molecular formula is C25H26ClN3O3. The molecule has 0 saturated carbocycles. The maximum atomic E-state index is 12.1. The number of carbonyl (C=O) groups is 2. The number of nitrogens with one attached hydrogen (secondary N) is 2. The van der Waals surface area contributed by atoms with E-state index in [1.165, 1.54) is 0 Å². The number of benzene rings is 3. The zero-order valence-electron chi connectivity index (χ0n) is 17.9. The van der Waals surface area contributed by atoms with Crippen LogP contribution in [-0.4, -0.2) is 24.6 Å². The van der Waals surface area contributed by atoms with Crippen LogP contribution < -0.4 is 15.5 Å². The molecule has 0 heterocycles. The van der Waals surface area contributed by atoms with Gasteiger partial charge in [-0.2, -0.15) is 5.10 Å². The molecule has 3 rings (SSSR count). The van der Waals surface area contributed by atoms with Gasteiger partial charge in [-0.25, -0.2) is 5.43 Å². The summed E-state index contributed by atoms with van der Waals surface area (Å²) in [6.45, 7) is 2.72. The molecule has 0 unspecified atom stereocenters. The van der Waals surface area contributed by atoms with Gasteiger partial charge in [0.15, 0.2) is 0 Å². The van der Waals surface area contributed by atoms with E-state index in [-0.39, 0.29) is 24.7 Å². The zero-order chi connectivity index (χ0) is 22.8. The lowest BCUT2D eigenvalue weighted by Gasteiger charge is -2.11. The molecule has 0 aliphatic rings. The SMILES string of the molecule is CCCCOc1ccc2ccccc2c1C=NNC(=O)CCC(=O)Nc1cccc(Cl)c1. The van der Waals surface area contributed by atoms with Crippen molar-refractivity contribution in [1.82, 2.24) is 5.43 Å². The van der Waals surface area contributed by atoms with Crippen LogP contribution in [0.1, 0.15) is 38.2 Å². The van der Waals surface area contributed by atoms with Crippen LogP contribution in [0.2, 0.25) is 5.02 Å². The fourth-order valence-electron chi connectivity index (χ4n) is 3.10. The van der Waals surface area contributed by atoms with Crippen LogP contribution in [0.3, 0.4) is 0 Å². The van der Waals surface area contributed by atoms with E-state index >= 15 is 0 Å². The number of halogens is 1. The fraction of sp³-hybridized carbons (Fsp3) is 0.240. The molecular weight excluding hydrogens is 426 g/mol. The summed E-state index contributed by atoms with van der Waals surface area (Å²) < 4.78 is 5.92. The molecule has 0 spiro atoms. The monoisotopic (exact) mass is 451 g/mol. The largest absolute Gasteiger partial charge is 0.493 e. The second kappa shape index (κ2) is 11.9. The summed E-state index contributed by atoms with van der Waals surface area (Å²) in [6.07, 6.45) is 3.63. The minimum absolute atomic E-state index is 0.0130. The van der Waals surface area contributed by atoms with Crippen LogP contribution in [0, 0.1) is 0 Å². The molecule has 0 bridgehead atoms. The molecule has 0 aromatic heterocycles. The molecule has 0 saturated heterocycles. The van der Waals surface area contributed by atoms with Gasteiger partial charge in [-0.05, 0) is 41.5 Å². The van der Waals surface area contributed by atoms with E-state index in [0.717, 1.165) is 34.9 Å². The molecule has 2 N–H and O–H groups in total. The number of nitrogens with zero attached hydrogens (tertiary/aromatic N) is 1. The minimum Gasteiger partial charge on any atom is -0.493 e. The Morgan fingerprint density at radius 3 is 2.66 bits per heavy atom. The summed E-state index contributed by atoms with van der Waals surface area (Å²) in [6, 6.07) is 18.7. The third-order valence-electron chi connectivity index (χ3n) is 4.76. The van der Waals surface area contributed by atoms with Crippen molar-refractivity contribution in [3.63, 3.8) is 0 Å². The van der Waals surface area contributed by atoms with Crippen LogP contribution >= 0.6 is 11.6 Å². The van der Waals surface area contributed by atoms with Gasteiger partial charge in [0.1, 0.15) is 5.75 Å². The van der Waals surface area contributed by atoms with Gasteiger partial charge >= 0.3 is 0 Å². The topological polar surface area (TPSA) is 79.8 Å². The first-order valence-electron chi connectivity index (χ1n) is 10.6. The van der Waals surface area contributed by atoms with Crippen molar-refractivity contribution < 1.29 is 14.3 Å². The number of carbonyl (C=O) groups excluding carboxylic acids is 2. The third kappa shape index (κ3) is 6.82. The molecule has 7 heteroatoms. The van der Waals surface area contributed by atoms with E-state index in [2.05, 4.69) is 22.8 Å². The smallest absolute Gasteiger partial charge is 0.240 e. The highest BCUT2D eigenvalue weighted by Gasteiger charge is 2.09. The number of unbranched alkanes of at least 4 members (excludes halogenated alkanes) is 1. The Morgan fingerprint density at radius 2 is 1.84 bits per heavy atom. The molecule has 0 aliphatic heterocycles. The first kappa shape index (κ1) is 23.3. The Labute approximate surface area is 192 Å². The quantitative estimate of drug-likeness (QED) is 0.241. The number of ether oxygens (including phenoxy) is 1. The van der Waals surface area contributed by atoms with Gasteiger partial charge in [0, 0.05) is 29.1 Å². The van der Waals surface area contributed by atoms with Gasteiger partial charge in [0.25, 0.3) is 0 Å². The molecule has 2 amide bonds. The van der Waals surface area contributed by atoms with E-state index in [0.29, 0.717) is 17.3 Å². The van der Waals surface area contributed by atoms with E-state index in [9.17, 15) is 9.59 Å². The molecule has 0 radical (unpaired) electrons. The number of fused-ring (bicyclic) bond motifs is 1. The summed E-state index contributed by atoms with van der Waals surface area (Å²) in [5.41, 5.74) is 3.89. The molecule has 0 aliphatic carbocycles. The second-order valence-corrected chi connectivity index (χ2v) is 7.69. The Balaban J connectivity index is 1.59. The standard InChI is InChI=1S/C25H26ClN3O3/c1-2-3-15-32-23-12-11-18-7-4-5-10-21(18)22(23)17-27-29-25(31)14-13-24(30)28-20-9-6-8-19(26)16-20/h4-12,16-17H,2-3,13-15H2,1H3,(H,28,30)(H,29,31). The van der Waals surface area contributed by atoms with Gasteiger partial charge in [0.05, 0.1) is 12.8 Å². The summed E-state index contributed by atoms with van der Waals surface area (Å²) in [4.78, 5) is 24.2. The van der Waals surface area contributed by atoms with Gasteiger partial charge < -0.3 is 10.1 Å². The number of hydrogen-bond acceptors (Lipinski definition) is 4. The van der Waals surface area contributed by atoms with E-state index in [1.807, 2.05) is 36.4 Å². The van der Waals surface area contributed by atoms with Crippen LogP contribution in [0.25, 0.3) is 10.8 Å².